The molecule has 31 heavy (non-hydrogen) atoms. The average Bonchev–Trinajstić information content (AvgIpc) is 2.77. The zero-order valence-electron chi connectivity index (χ0n) is 16.3. The van der Waals surface area contributed by atoms with E-state index in [1.54, 1.807) is 66.7 Å². The number of para-hydroxylation sites is 3. The van der Waals surface area contributed by atoms with Crippen molar-refractivity contribution in [1.82, 2.24) is 5.32 Å². The Labute approximate surface area is 186 Å². The third-order valence-corrected chi connectivity index (χ3v) is 5.06. The molecule has 3 aromatic carbocycles. The van der Waals surface area contributed by atoms with Gasteiger partial charge >= 0.3 is 0 Å². The SMILES string of the molecule is O=C(Nc1ccccc1C(=O)NCCNc1ccccc1[N+](=O)[O-])c1ccccc1Br. The second-order valence-corrected chi connectivity index (χ2v) is 7.29. The molecule has 0 heterocycles. The average molecular weight is 483 g/mol. The number of nitro groups is 1. The smallest absolute Gasteiger partial charge is 0.292 e. The summed E-state index contributed by atoms with van der Waals surface area (Å²) in [5, 5.41) is 19.5. The number of hydrogen-bond donors (Lipinski definition) is 3. The van der Waals surface area contributed by atoms with Crippen LogP contribution in [0.2, 0.25) is 0 Å². The Balaban J connectivity index is 1.61. The van der Waals surface area contributed by atoms with Crippen molar-refractivity contribution in [3.05, 3.63) is 98.5 Å². The number of carbonyl (C=O) groups is 2. The summed E-state index contributed by atoms with van der Waals surface area (Å²) in [4.78, 5) is 35.8. The minimum atomic E-state index is -0.467. The van der Waals surface area contributed by atoms with Gasteiger partial charge in [-0.2, -0.15) is 0 Å². The van der Waals surface area contributed by atoms with Crippen LogP contribution in [-0.4, -0.2) is 29.8 Å². The third-order valence-electron chi connectivity index (χ3n) is 4.37. The van der Waals surface area contributed by atoms with Gasteiger partial charge in [0.2, 0.25) is 0 Å². The van der Waals surface area contributed by atoms with E-state index in [0.717, 1.165) is 0 Å². The van der Waals surface area contributed by atoms with Gasteiger partial charge in [0.15, 0.2) is 0 Å². The normalized spacial score (nSPS) is 10.2. The van der Waals surface area contributed by atoms with Crippen LogP contribution in [0.15, 0.2) is 77.3 Å². The van der Waals surface area contributed by atoms with Crippen molar-refractivity contribution in [2.24, 2.45) is 0 Å². The number of anilines is 2. The minimum absolute atomic E-state index is 0.0334. The van der Waals surface area contributed by atoms with Gasteiger partial charge < -0.3 is 16.0 Å². The maximum absolute atomic E-state index is 12.6. The van der Waals surface area contributed by atoms with Crippen LogP contribution >= 0.6 is 15.9 Å². The lowest BCUT2D eigenvalue weighted by Gasteiger charge is -2.12. The van der Waals surface area contributed by atoms with Gasteiger partial charge in [-0.05, 0) is 46.3 Å². The molecule has 3 aromatic rings. The monoisotopic (exact) mass is 482 g/mol. The lowest BCUT2D eigenvalue weighted by atomic mass is 10.1. The van der Waals surface area contributed by atoms with Crippen molar-refractivity contribution in [3.8, 4) is 0 Å². The Bertz CT molecular complexity index is 1120. The Kier molecular flexibility index (Phi) is 7.34. The first-order chi connectivity index (χ1) is 15.0. The van der Waals surface area contributed by atoms with E-state index in [1.807, 2.05) is 0 Å². The van der Waals surface area contributed by atoms with Crippen LogP contribution in [0, 0.1) is 10.1 Å². The van der Waals surface area contributed by atoms with Crippen LogP contribution in [0.3, 0.4) is 0 Å². The molecule has 9 heteroatoms. The standard InChI is InChI=1S/C22H19BrN4O4/c23-17-9-3-1-7-15(17)22(29)26-18-10-4-2-8-16(18)21(28)25-14-13-24-19-11-5-6-12-20(19)27(30)31/h1-12,24H,13-14H2,(H,25,28)(H,26,29). The lowest BCUT2D eigenvalue weighted by Crippen LogP contribution is -2.29. The molecule has 158 valence electrons. The molecule has 0 aliphatic heterocycles. The molecule has 0 radical (unpaired) electrons. The lowest BCUT2D eigenvalue weighted by molar-refractivity contribution is -0.384. The zero-order chi connectivity index (χ0) is 22.2. The molecular formula is C22H19BrN4O4. The summed E-state index contributed by atoms with van der Waals surface area (Å²) in [5.41, 5.74) is 1.49. The second-order valence-electron chi connectivity index (χ2n) is 6.44. The highest BCUT2D eigenvalue weighted by molar-refractivity contribution is 9.10. The Morgan fingerprint density at radius 2 is 1.42 bits per heavy atom. The van der Waals surface area contributed by atoms with E-state index in [-0.39, 0.29) is 24.0 Å². The van der Waals surface area contributed by atoms with Crippen molar-refractivity contribution in [2.75, 3.05) is 23.7 Å². The van der Waals surface area contributed by atoms with Crippen molar-refractivity contribution < 1.29 is 14.5 Å². The maximum atomic E-state index is 12.6. The summed E-state index contributed by atoms with van der Waals surface area (Å²) in [5.74, 6) is -0.710. The first-order valence-corrected chi connectivity index (χ1v) is 10.2. The van der Waals surface area contributed by atoms with E-state index in [4.69, 9.17) is 0 Å². The molecule has 0 aliphatic rings. The first kappa shape index (κ1) is 22.0. The van der Waals surface area contributed by atoms with Gasteiger partial charge in [-0.15, -0.1) is 0 Å². The van der Waals surface area contributed by atoms with Crippen molar-refractivity contribution >= 4 is 44.8 Å². The van der Waals surface area contributed by atoms with E-state index < -0.39 is 4.92 Å². The highest BCUT2D eigenvalue weighted by atomic mass is 79.9. The number of nitrogens with zero attached hydrogens (tertiary/aromatic N) is 1. The van der Waals surface area contributed by atoms with E-state index in [2.05, 4.69) is 31.9 Å². The van der Waals surface area contributed by atoms with Crippen LogP contribution < -0.4 is 16.0 Å². The van der Waals surface area contributed by atoms with Crippen molar-refractivity contribution in [1.29, 1.82) is 0 Å². The quantitative estimate of drug-likeness (QED) is 0.249. The molecule has 0 unspecified atom stereocenters. The molecule has 3 N–H and O–H groups in total. The Morgan fingerprint density at radius 3 is 2.13 bits per heavy atom. The van der Waals surface area contributed by atoms with Gasteiger partial charge in [0, 0.05) is 23.6 Å². The summed E-state index contributed by atoms with van der Waals surface area (Å²) in [6, 6.07) is 20.0. The predicted molar refractivity (Wildman–Crippen MR) is 122 cm³/mol. The molecule has 0 atom stereocenters. The minimum Gasteiger partial charge on any atom is -0.378 e. The van der Waals surface area contributed by atoms with Crippen LogP contribution in [0.1, 0.15) is 20.7 Å². The number of nitrogens with one attached hydrogen (secondary N) is 3. The molecule has 0 fully saturated rings. The third kappa shape index (κ3) is 5.67. The van der Waals surface area contributed by atoms with Crippen LogP contribution in [0.5, 0.6) is 0 Å². The van der Waals surface area contributed by atoms with Crippen LogP contribution in [0.4, 0.5) is 17.1 Å². The fraction of sp³-hybridized carbons (Fsp3) is 0.0909. The number of carbonyl (C=O) groups excluding carboxylic acids is 2. The highest BCUT2D eigenvalue weighted by Gasteiger charge is 2.16. The number of benzene rings is 3. The van der Waals surface area contributed by atoms with Gasteiger partial charge in [0.1, 0.15) is 5.69 Å². The molecular weight excluding hydrogens is 464 g/mol. The predicted octanol–water partition coefficient (Wildman–Crippen LogP) is 4.45. The van der Waals surface area contributed by atoms with Gasteiger partial charge in [0.05, 0.1) is 21.7 Å². The summed E-state index contributed by atoms with van der Waals surface area (Å²) in [6.45, 7) is 0.527. The molecule has 0 spiro atoms. The molecule has 3 rings (SSSR count). The number of nitro benzene ring substituents is 1. The molecule has 0 bridgehead atoms. The Morgan fingerprint density at radius 1 is 0.806 bits per heavy atom. The van der Waals surface area contributed by atoms with Gasteiger partial charge in [-0.1, -0.05) is 36.4 Å². The maximum Gasteiger partial charge on any atom is 0.292 e. The summed E-state index contributed by atoms with van der Waals surface area (Å²) in [6.07, 6.45) is 0. The Hall–Kier alpha value is -3.72. The molecule has 2 amide bonds. The number of rotatable bonds is 8. The fourth-order valence-electron chi connectivity index (χ4n) is 2.88. The zero-order valence-corrected chi connectivity index (χ0v) is 17.9. The van der Waals surface area contributed by atoms with E-state index >= 15 is 0 Å². The molecule has 8 nitrogen and oxygen atoms in total. The summed E-state index contributed by atoms with van der Waals surface area (Å²) >= 11 is 3.34. The topological polar surface area (TPSA) is 113 Å². The highest BCUT2D eigenvalue weighted by Crippen LogP contribution is 2.23. The number of amides is 2. The molecule has 0 aromatic heterocycles. The summed E-state index contributed by atoms with van der Waals surface area (Å²) in [7, 11) is 0. The number of hydrogen-bond acceptors (Lipinski definition) is 5. The first-order valence-electron chi connectivity index (χ1n) is 9.38. The van der Waals surface area contributed by atoms with Gasteiger partial charge in [0.25, 0.3) is 17.5 Å². The van der Waals surface area contributed by atoms with Crippen LogP contribution in [-0.2, 0) is 0 Å². The van der Waals surface area contributed by atoms with Crippen molar-refractivity contribution in [2.45, 2.75) is 0 Å². The van der Waals surface area contributed by atoms with E-state index in [9.17, 15) is 19.7 Å². The van der Waals surface area contributed by atoms with Gasteiger partial charge in [-0.25, -0.2) is 0 Å². The molecule has 0 aliphatic carbocycles. The van der Waals surface area contributed by atoms with E-state index in [0.29, 0.717) is 33.5 Å². The van der Waals surface area contributed by atoms with E-state index in [1.165, 1.54) is 6.07 Å². The summed E-state index contributed by atoms with van der Waals surface area (Å²) < 4.78 is 0.649. The van der Waals surface area contributed by atoms with Crippen LogP contribution in [0.25, 0.3) is 0 Å². The van der Waals surface area contributed by atoms with Gasteiger partial charge in [-0.3, -0.25) is 19.7 Å². The number of halogens is 1. The van der Waals surface area contributed by atoms with Crippen molar-refractivity contribution in [3.63, 3.8) is 0 Å². The molecule has 0 saturated carbocycles. The largest absolute Gasteiger partial charge is 0.378 e. The fourth-order valence-corrected chi connectivity index (χ4v) is 3.34. The second kappa shape index (κ2) is 10.4. The molecule has 0 saturated heterocycles.